The van der Waals surface area contributed by atoms with Gasteiger partial charge in [-0.1, -0.05) is 36.4 Å². The number of amides is 2. The average molecular weight is 392 g/mol. The van der Waals surface area contributed by atoms with E-state index in [1.54, 1.807) is 30.7 Å². The molecule has 1 aliphatic rings. The number of carbonyl (C=O) groups is 2. The molecule has 1 N–H and O–H groups in total. The van der Waals surface area contributed by atoms with Crippen molar-refractivity contribution in [3.8, 4) is 0 Å². The standard InChI is InChI=1S/C22H21FN4O2/c23-19-7-3-4-8-20(19)27-14-18(11-21(27)28)22(29)25-12-16-5-1-2-6-17(16)13-26-10-9-24-15-26/h1-10,15,18H,11-14H2,(H,25,29). The van der Waals surface area contributed by atoms with Gasteiger partial charge >= 0.3 is 0 Å². The van der Waals surface area contributed by atoms with E-state index in [2.05, 4.69) is 10.3 Å². The van der Waals surface area contributed by atoms with Gasteiger partial charge in [0.1, 0.15) is 5.82 Å². The highest BCUT2D eigenvalue weighted by Gasteiger charge is 2.36. The maximum atomic E-state index is 14.0. The van der Waals surface area contributed by atoms with Crippen LogP contribution in [0.25, 0.3) is 0 Å². The summed E-state index contributed by atoms with van der Waals surface area (Å²) >= 11 is 0. The number of hydrogen-bond donors (Lipinski definition) is 1. The van der Waals surface area contributed by atoms with Gasteiger partial charge in [-0.2, -0.15) is 0 Å². The molecule has 1 saturated heterocycles. The van der Waals surface area contributed by atoms with Crippen molar-refractivity contribution in [3.63, 3.8) is 0 Å². The average Bonchev–Trinajstić information content (AvgIpc) is 3.37. The van der Waals surface area contributed by atoms with Crippen molar-refractivity contribution in [1.29, 1.82) is 0 Å². The van der Waals surface area contributed by atoms with E-state index in [1.165, 1.54) is 11.0 Å². The molecule has 1 fully saturated rings. The van der Waals surface area contributed by atoms with E-state index in [0.717, 1.165) is 11.1 Å². The number of imidazole rings is 1. The smallest absolute Gasteiger partial charge is 0.227 e. The van der Waals surface area contributed by atoms with Crippen molar-refractivity contribution in [1.82, 2.24) is 14.9 Å². The fourth-order valence-electron chi connectivity index (χ4n) is 3.57. The second kappa shape index (κ2) is 8.26. The lowest BCUT2D eigenvalue weighted by Crippen LogP contribution is -2.33. The third kappa shape index (κ3) is 4.18. The zero-order valence-electron chi connectivity index (χ0n) is 15.8. The molecule has 2 amide bonds. The van der Waals surface area contributed by atoms with Crippen LogP contribution in [0.4, 0.5) is 10.1 Å². The van der Waals surface area contributed by atoms with Gasteiger partial charge in [-0.05, 0) is 23.3 Å². The van der Waals surface area contributed by atoms with Gasteiger partial charge in [0.25, 0.3) is 0 Å². The van der Waals surface area contributed by atoms with E-state index in [1.807, 2.05) is 35.0 Å². The van der Waals surface area contributed by atoms with Crippen LogP contribution >= 0.6 is 0 Å². The molecule has 0 aliphatic carbocycles. The molecule has 2 aromatic carbocycles. The SMILES string of the molecule is O=C(NCc1ccccc1Cn1ccnc1)C1CC(=O)N(c2ccccc2F)C1. The largest absolute Gasteiger partial charge is 0.352 e. The number of nitrogens with zero attached hydrogens (tertiary/aromatic N) is 3. The number of halogens is 1. The van der Waals surface area contributed by atoms with E-state index in [-0.39, 0.29) is 30.5 Å². The second-order valence-corrected chi connectivity index (χ2v) is 7.08. The third-order valence-corrected chi connectivity index (χ3v) is 5.12. The summed E-state index contributed by atoms with van der Waals surface area (Å²) in [7, 11) is 0. The number of hydrogen-bond acceptors (Lipinski definition) is 3. The summed E-state index contributed by atoms with van der Waals surface area (Å²) in [4.78, 5) is 30.4. The quantitative estimate of drug-likeness (QED) is 0.701. The molecule has 1 aliphatic heterocycles. The van der Waals surface area contributed by atoms with E-state index >= 15 is 0 Å². The summed E-state index contributed by atoms with van der Waals surface area (Å²) in [5.74, 6) is -1.40. The first-order valence-electron chi connectivity index (χ1n) is 9.47. The van der Waals surface area contributed by atoms with Crippen LogP contribution in [0.2, 0.25) is 0 Å². The lowest BCUT2D eigenvalue weighted by atomic mass is 10.1. The lowest BCUT2D eigenvalue weighted by Gasteiger charge is -2.17. The van der Waals surface area contributed by atoms with Crippen LogP contribution in [0, 0.1) is 11.7 Å². The molecular formula is C22H21FN4O2. The number of benzene rings is 2. The zero-order valence-corrected chi connectivity index (χ0v) is 15.8. The molecule has 6 nitrogen and oxygen atoms in total. The number of carbonyl (C=O) groups excluding carboxylic acids is 2. The maximum Gasteiger partial charge on any atom is 0.227 e. The molecule has 1 aromatic heterocycles. The highest BCUT2D eigenvalue weighted by molar-refractivity contribution is 6.00. The molecule has 2 heterocycles. The predicted molar refractivity (Wildman–Crippen MR) is 106 cm³/mol. The molecular weight excluding hydrogens is 371 g/mol. The highest BCUT2D eigenvalue weighted by Crippen LogP contribution is 2.27. The van der Waals surface area contributed by atoms with Crippen molar-refractivity contribution >= 4 is 17.5 Å². The minimum Gasteiger partial charge on any atom is -0.352 e. The summed E-state index contributed by atoms with van der Waals surface area (Å²) in [5.41, 5.74) is 2.31. The van der Waals surface area contributed by atoms with Gasteiger partial charge < -0.3 is 14.8 Å². The Hall–Kier alpha value is -3.48. The van der Waals surface area contributed by atoms with E-state index in [0.29, 0.717) is 13.1 Å². The van der Waals surface area contributed by atoms with Gasteiger partial charge in [0.15, 0.2) is 0 Å². The summed E-state index contributed by atoms with van der Waals surface area (Å²) in [6, 6.07) is 14.0. The summed E-state index contributed by atoms with van der Waals surface area (Å²) < 4.78 is 16.0. The Morgan fingerprint density at radius 2 is 1.90 bits per heavy atom. The zero-order chi connectivity index (χ0) is 20.2. The van der Waals surface area contributed by atoms with Gasteiger partial charge in [-0.25, -0.2) is 9.37 Å². The van der Waals surface area contributed by atoms with Crippen LogP contribution in [0.3, 0.4) is 0 Å². The number of aromatic nitrogens is 2. The molecule has 148 valence electrons. The Bertz CT molecular complexity index is 1020. The van der Waals surface area contributed by atoms with Gasteiger partial charge in [-0.15, -0.1) is 0 Å². The molecule has 0 saturated carbocycles. The Kier molecular flexibility index (Phi) is 5.37. The van der Waals surface area contributed by atoms with Crippen LogP contribution < -0.4 is 10.2 Å². The first-order valence-corrected chi connectivity index (χ1v) is 9.47. The highest BCUT2D eigenvalue weighted by atomic mass is 19.1. The van der Waals surface area contributed by atoms with Gasteiger partial charge in [-0.3, -0.25) is 9.59 Å². The Morgan fingerprint density at radius 3 is 2.66 bits per heavy atom. The van der Waals surface area contributed by atoms with Gasteiger partial charge in [0, 0.05) is 38.4 Å². The van der Waals surface area contributed by atoms with Crippen LogP contribution in [0.1, 0.15) is 17.5 Å². The van der Waals surface area contributed by atoms with Crippen molar-refractivity contribution < 1.29 is 14.0 Å². The number of para-hydroxylation sites is 1. The van der Waals surface area contributed by atoms with Crippen molar-refractivity contribution in [2.45, 2.75) is 19.5 Å². The third-order valence-electron chi connectivity index (χ3n) is 5.12. The molecule has 7 heteroatoms. The first-order chi connectivity index (χ1) is 14.1. The topological polar surface area (TPSA) is 67.2 Å². The molecule has 0 radical (unpaired) electrons. The van der Waals surface area contributed by atoms with Crippen LogP contribution in [-0.4, -0.2) is 27.9 Å². The monoisotopic (exact) mass is 392 g/mol. The van der Waals surface area contributed by atoms with Crippen LogP contribution in [0.5, 0.6) is 0 Å². The van der Waals surface area contributed by atoms with E-state index in [4.69, 9.17) is 0 Å². The second-order valence-electron chi connectivity index (χ2n) is 7.08. The minimum absolute atomic E-state index is 0.0802. The lowest BCUT2D eigenvalue weighted by molar-refractivity contribution is -0.126. The normalized spacial score (nSPS) is 16.2. The van der Waals surface area contributed by atoms with Crippen LogP contribution in [-0.2, 0) is 22.7 Å². The Balaban J connectivity index is 1.40. The van der Waals surface area contributed by atoms with E-state index < -0.39 is 11.7 Å². The number of anilines is 1. The molecule has 0 spiro atoms. The van der Waals surface area contributed by atoms with Crippen molar-refractivity contribution in [3.05, 3.63) is 84.2 Å². The van der Waals surface area contributed by atoms with Crippen molar-refractivity contribution in [2.24, 2.45) is 5.92 Å². The first kappa shape index (κ1) is 18.9. The summed E-state index contributed by atoms with van der Waals surface area (Å²) in [6.07, 6.45) is 5.44. The van der Waals surface area contributed by atoms with Crippen molar-refractivity contribution in [2.75, 3.05) is 11.4 Å². The maximum absolute atomic E-state index is 14.0. The van der Waals surface area contributed by atoms with Gasteiger partial charge in [0.2, 0.25) is 11.8 Å². The van der Waals surface area contributed by atoms with E-state index in [9.17, 15) is 14.0 Å². The molecule has 29 heavy (non-hydrogen) atoms. The summed E-state index contributed by atoms with van der Waals surface area (Å²) in [5, 5.41) is 2.93. The Labute approximate surface area is 168 Å². The fraction of sp³-hybridized carbons (Fsp3) is 0.227. The van der Waals surface area contributed by atoms with Crippen LogP contribution in [0.15, 0.2) is 67.3 Å². The summed E-state index contributed by atoms with van der Waals surface area (Å²) in [6.45, 7) is 1.21. The fourth-order valence-corrected chi connectivity index (χ4v) is 3.57. The molecule has 4 rings (SSSR count). The predicted octanol–water partition coefficient (Wildman–Crippen LogP) is 2.74. The molecule has 3 aromatic rings. The number of rotatable bonds is 6. The molecule has 1 atom stereocenters. The van der Waals surface area contributed by atoms with Gasteiger partial charge in [0.05, 0.1) is 17.9 Å². The molecule has 0 bridgehead atoms. The minimum atomic E-state index is -0.497. The molecule has 1 unspecified atom stereocenters. The number of nitrogens with one attached hydrogen (secondary N) is 1. The Morgan fingerprint density at radius 1 is 1.14 bits per heavy atom.